The van der Waals surface area contributed by atoms with Crippen molar-refractivity contribution in [2.75, 3.05) is 0 Å². The van der Waals surface area contributed by atoms with Crippen molar-refractivity contribution in [2.24, 2.45) is 0 Å². The largest absolute Gasteiger partial charge is 0.490 e. The van der Waals surface area contributed by atoms with Gasteiger partial charge in [-0.1, -0.05) is 25.1 Å². The highest BCUT2D eigenvalue weighted by Crippen LogP contribution is 2.29. The van der Waals surface area contributed by atoms with Crippen molar-refractivity contribution in [3.05, 3.63) is 36.8 Å². The highest BCUT2D eigenvalue weighted by atomic mass is 16.5. The predicted octanol–water partition coefficient (Wildman–Crippen LogP) is 2.60. The Morgan fingerprint density at radius 3 is 3.00 bits per heavy atom. The molecule has 1 heteroatoms. The van der Waals surface area contributed by atoms with Gasteiger partial charge in [-0.3, -0.25) is 0 Å². The molecule has 0 saturated heterocycles. The first-order valence-electron chi connectivity index (χ1n) is 4.44. The molecule has 1 aliphatic heterocycles. The number of hydrogen-bond donors (Lipinski definition) is 0. The van der Waals surface area contributed by atoms with Gasteiger partial charge in [0.25, 0.3) is 0 Å². The second-order valence-corrected chi connectivity index (χ2v) is 3.19. The lowest BCUT2D eigenvalue weighted by atomic mass is 10.1. The van der Waals surface area contributed by atoms with Crippen molar-refractivity contribution < 1.29 is 4.74 Å². The lowest BCUT2D eigenvalue weighted by Gasteiger charge is -2.07. The normalized spacial score (nSPS) is 20.2. The third-order valence-corrected chi connectivity index (χ3v) is 2.24. The summed E-state index contributed by atoms with van der Waals surface area (Å²) in [6, 6.07) is 8.26. The van der Waals surface area contributed by atoms with Crippen LogP contribution in [0.5, 0.6) is 5.75 Å². The zero-order chi connectivity index (χ0) is 8.39. The number of ether oxygens (including phenoxy) is 1. The van der Waals surface area contributed by atoms with Crippen LogP contribution in [0.1, 0.15) is 18.4 Å². The van der Waals surface area contributed by atoms with Crippen LogP contribution in [-0.4, -0.2) is 6.10 Å². The molecule has 2 rings (SSSR count). The summed E-state index contributed by atoms with van der Waals surface area (Å²) in [4.78, 5) is 0. The van der Waals surface area contributed by atoms with E-state index in [-0.39, 0.29) is 0 Å². The maximum atomic E-state index is 5.71. The molecule has 63 valence electrons. The van der Waals surface area contributed by atoms with Crippen molar-refractivity contribution in [2.45, 2.75) is 25.4 Å². The Balaban J connectivity index is 2.11. The summed E-state index contributed by atoms with van der Waals surface area (Å²) in [5, 5.41) is 0. The minimum Gasteiger partial charge on any atom is -0.490 e. The zero-order valence-electron chi connectivity index (χ0n) is 7.12. The number of hydrogen-bond acceptors (Lipinski definition) is 1. The summed E-state index contributed by atoms with van der Waals surface area (Å²) in [6.45, 7) is 3.83. The van der Waals surface area contributed by atoms with Crippen LogP contribution >= 0.6 is 0 Å². The van der Waals surface area contributed by atoms with Gasteiger partial charge < -0.3 is 4.74 Å². The topological polar surface area (TPSA) is 9.23 Å². The van der Waals surface area contributed by atoms with Crippen LogP contribution in [0.15, 0.2) is 24.3 Å². The van der Waals surface area contributed by atoms with Crippen LogP contribution < -0.4 is 4.74 Å². The Morgan fingerprint density at radius 2 is 2.25 bits per heavy atom. The van der Waals surface area contributed by atoms with Gasteiger partial charge in [-0.15, -0.1) is 0 Å². The molecule has 0 aromatic heterocycles. The molecule has 1 heterocycles. The molecular formula is C11H13O. The summed E-state index contributed by atoms with van der Waals surface area (Å²) >= 11 is 0. The fraction of sp³-hybridized carbons (Fsp3) is 0.364. The SMILES string of the molecule is [CH2]CCC1Cc2ccccc2O1. The van der Waals surface area contributed by atoms with E-state index in [1.165, 1.54) is 5.56 Å². The van der Waals surface area contributed by atoms with E-state index in [1.807, 2.05) is 12.1 Å². The van der Waals surface area contributed by atoms with E-state index in [2.05, 4.69) is 19.1 Å². The quantitative estimate of drug-likeness (QED) is 0.647. The van der Waals surface area contributed by atoms with E-state index < -0.39 is 0 Å². The number of fused-ring (bicyclic) bond motifs is 1. The minimum absolute atomic E-state index is 0.375. The first kappa shape index (κ1) is 7.66. The Morgan fingerprint density at radius 1 is 1.42 bits per heavy atom. The molecular weight excluding hydrogens is 148 g/mol. The Kier molecular flexibility index (Phi) is 2.03. The summed E-state index contributed by atoms with van der Waals surface area (Å²) in [5.41, 5.74) is 1.34. The maximum Gasteiger partial charge on any atom is 0.123 e. The summed E-state index contributed by atoms with van der Waals surface area (Å²) < 4.78 is 5.71. The second-order valence-electron chi connectivity index (χ2n) is 3.19. The van der Waals surface area contributed by atoms with Crippen molar-refractivity contribution >= 4 is 0 Å². The van der Waals surface area contributed by atoms with Gasteiger partial charge in [0.2, 0.25) is 0 Å². The molecule has 1 unspecified atom stereocenters. The van der Waals surface area contributed by atoms with E-state index >= 15 is 0 Å². The molecule has 1 radical (unpaired) electrons. The Hall–Kier alpha value is -0.980. The van der Waals surface area contributed by atoms with Crippen LogP contribution in [0, 0.1) is 6.92 Å². The van der Waals surface area contributed by atoms with Gasteiger partial charge in [0.05, 0.1) is 0 Å². The average molecular weight is 161 g/mol. The highest BCUT2D eigenvalue weighted by molar-refractivity contribution is 5.37. The molecule has 1 aromatic carbocycles. The van der Waals surface area contributed by atoms with Gasteiger partial charge >= 0.3 is 0 Å². The van der Waals surface area contributed by atoms with Crippen molar-refractivity contribution in [1.82, 2.24) is 0 Å². The van der Waals surface area contributed by atoms with E-state index in [0.29, 0.717) is 6.10 Å². The molecule has 0 bridgehead atoms. The van der Waals surface area contributed by atoms with E-state index in [0.717, 1.165) is 25.0 Å². The van der Waals surface area contributed by atoms with Gasteiger partial charge in [0.1, 0.15) is 11.9 Å². The first-order valence-corrected chi connectivity index (χ1v) is 4.44. The van der Waals surface area contributed by atoms with E-state index in [9.17, 15) is 0 Å². The van der Waals surface area contributed by atoms with Gasteiger partial charge in [0, 0.05) is 6.42 Å². The van der Waals surface area contributed by atoms with Crippen LogP contribution in [0.25, 0.3) is 0 Å². The molecule has 1 atom stereocenters. The Labute approximate surface area is 73.4 Å². The van der Waals surface area contributed by atoms with Crippen LogP contribution in [0.3, 0.4) is 0 Å². The molecule has 1 nitrogen and oxygen atoms in total. The fourth-order valence-corrected chi connectivity index (χ4v) is 1.64. The van der Waals surface area contributed by atoms with Crippen molar-refractivity contribution in [3.63, 3.8) is 0 Å². The molecule has 0 spiro atoms. The average Bonchev–Trinajstić information content (AvgIpc) is 2.47. The zero-order valence-corrected chi connectivity index (χ0v) is 7.12. The van der Waals surface area contributed by atoms with E-state index in [1.54, 1.807) is 0 Å². The maximum absolute atomic E-state index is 5.71. The Bertz CT molecular complexity index is 242. The lowest BCUT2D eigenvalue weighted by molar-refractivity contribution is 0.222. The van der Waals surface area contributed by atoms with Gasteiger partial charge in [-0.2, -0.15) is 0 Å². The van der Waals surface area contributed by atoms with Crippen LogP contribution in [-0.2, 0) is 6.42 Å². The molecule has 12 heavy (non-hydrogen) atoms. The molecule has 1 aliphatic rings. The van der Waals surface area contributed by atoms with Gasteiger partial charge in [-0.25, -0.2) is 0 Å². The molecule has 0 aliphatic carbocycles. The molecule has 0 N–H and O–H groups in total. The number of benzene rings is 1. The summed E-state index contributed by atoms with van der Waals surface area (Å²) in [7, 11) is 0. The fourth-order valence-electron chi connectivity index (χ4n) is 1.64. The van der Waals surface area contributed by atoms with Gasteiger partial charge in [-0.05, 0) is 24.5 Å². The lowest BCUT2D eigenvalue weighted by Crippen LogP contribution is -2.11. The van der Waals surface area contributed by atoms with Crippen LogP contribution in [0.4, 0.5) is 0 Å². The first-order chi connectivity index (χ1) is 5.90. The molecule has 1 aromatic rings. The van der Waals surface area contributed by atoms with Crippen LogP contribution in [0.2, 0.25) is 0 Å². The second kappa shape index (κ2) is 3.18. The predicted molar refractivity (Wildman–Crippen MR) is 49.2 cm³/mol. The monoisotopic (exact) mass is 161 g/mol. The third-order valence-electron chi connectivity index (χ3n) is 2.24. The smallest absolute Gasteiger partial charge is 0.123 e. The molecule has 0 fully saturated rings. The summed E-state index contributed by atoms with van der Waals surface area (Å²) in [6.07, 6.45) is 3.46. The number of para-hydroxylation sites is 1. The standard InChI is InChI=1S/C11H13O/c1-2-5-10-8-9-6-3-4-7-11(9)12-10/h3-4,6-7,10H,1-2,5,8H2. The summed E-state index contributed by atoms with van der Waals surface area (Å²) in [5.74, 6) is 1.07. The van der Waals surface area contributed by atoms with Crippen molar-refractivity contribution in [1.29, 1.82) is 0 Å². The molecule has 0 amide bonds. The van der Waals surface area contributed by atoms with E-state index in [4.69, 9.17) is 4.74 Å². The third kappa shape index (κ3) is 1.31. The highest BCUT2D eigenvalue weighted by Gasteiger charge is 2.20. The van der Waals surface area contributed by atoms with Crippen molar-refractivity contribution in [3.8, 4) is 5.75 Å². The minimum atomic E-state index is 0.375. The van der Waals surface area contributed by atoms with Gasteiger partial charge in [0.15, 0.2) is 0 Å². The molecule has 0 saturated carbocycles. The number of rotatable bonds is 2.